The van der Waals surface area contributed by atoms with Crippen LogP contribution in [0.25, 0.3) is 0 Å². The van der Waals surface area contributed by atoms with Crippen LogP contribution in [0.4, 0.5) is 0 Å². The quantitative estimate of drug-likeness (QED) is 0.761. The van der Waals surface area contributed by atoms with E-state index in [4.69, 9.17) is 0 Å². The average molecular weight is 332 g/mol. The molecule has 0 saturated carbocycles. The van der Waals surface area contributed by atoms with Crippen LogP contribution in [0.15, 0.2) is 30.3 Å². The monoisotopic (exact) mass is 331 g/mol. The molecule has 2 saturated heterocycles. The maximum Gasteiger partial charge on any atom is 0.0791 e. The minimum atomic E-state index is -0.223. The van der Waals surface area contributed by atoms with E-state index in [1.165, 1.54) is 44.3 Å². The SMILES string of the molecule is OC(CNC1CCN(CCc2ccccc2)CC1)CN1CCCC1. The molecule has 134 valence electrons. The number of piperidine rings is 1. The van der Waals surface area contributed by atoms with Gasteiger partial charge in [0, 0.05) is 25.7 Å². The van der Waals surface area contributed by atoms with Gasteiger partial charge in [0.2, 0.25) is 0 Å². The van der Waals surface area contributed by atoms with Crippen LogP contribution >= 0.6 is 0 Å². The number of β-amino-alcohol motifs (C(OH)–C–C–N with tert-alkyl or cyclic N) is 1. The van der Waals surface area contributed by atoms with Crippen molar-refractivity contribution in [3.63, 3.8) is 0 Å². The first-order valence-electron chi connectivity index (χ1n) is 9.70. The summed E-state index contributed by atoms with van der Waals surface area (Å²) in [6.45, 7) is 7.41. The summed E-state index contributed by atoms with van der Waals surface area (Å²) < 4.78 is 0. The lowest BCUT2D eigenvalue weighted by atomic mass is 10.0. The second kappa shape index (κ2) is 9.52. The van der Waals surface area contributed by atoms with Crippen LogP contribution in [0.2, 0.25) is 0 Å². The van der Waals surface area contributed by atoms with Crippen LogP contribution in [-0.2, 0) is 6.42 Å². The standard InChI is InChI=1S/C20H33N3O/c24-20(17-23-11-4-5-12-23)16-21-19-9-14-22(15-10-19)13-8-18-6-2-1-3-7-18/h1-3,6-7,19-21,24H,4-5,8-17H2. The number of hydrogen-bond acceptors (Lipinski definition) is 4. The molecule has 0 bridgehead atoms. The molecule has 0 spiro atoms. The molecule has 2 fully saturated rings. The lowest BCUT2D eigenvalue weighted by Gasteiger charge is -2.33. The van der Waals surface area contributed by atoms with Crippen molar-refractivity contribution >= 4 is 0 Å². The first kappa shape index (κ1) is 17.9. The maximum atomic E-state index is 10.2. The number of nitrogens with one attached hydrogen (secondary N) is 1. The van der Waals surface area contributed by atoms with E-state index >= 15 is 0 Å². The lowest BCUT2D eigenvalue weighted by Crippen LogP contribution is -2.46. The van der Waals surface area contributed by atoms with Gasteiger partial charge in [-0.15, -0.1) is 0 Å². The zero-order valence-electron chi connectivity index (χ0n) is 14.9. The number of nitrogens with zero attached hydrogens (tertiary/aromatic N) is 2. The largest absolute Gasteiger partial charge is 0.390 e. The Labute approximate surface area is 146 Å². The zero-order chi connectivity index (χ0) is 16.6. The van der Waals surface area contributed by atoms with Crippen molar-refractivity contribution in [2.24, 2.45) is 0 Å². The first-order valence-corrected chi connectivity index (χ1v) is 9.70. The zero-order valence-corrected chi connectivity index (χ0v) is 14.9. The summed E-state index contributed by atoms with van der Waals surface area (Å²) in [6.07, 6.45) is 5.91. The molecule has 1 unspecified atom stereocenters. The molecule has 0 aromatic heterocycles. The molecule has 1 aromatic rings. The van der Waals surface area contributed by atoms with Gasteiger partial charge >= 0.3 is 0 Å². The number of likely N-dealkylation sites (tertiary alicyclic amines) is 2. The van der Waals surface area contributed by atoms with Gasteiger partial charge in [0.25, 0.3) is 0 Å². The van der Waals surface area contributed by atoms with Gasteiger partial charge in [-0.1, -0.05) is 30.3 Å². The summed E-state index contributed by atoms with van der Waals surface area (Å²) in [5.74, 6) is 0. The van der Waals surface area contributed by atoms with Gasteiger partial charge < -0.3 is 20.2 Å². The molecule has 0 radical (unpaired) electrons. The molecule has 4 heteroatoms. The van der Waals surface area contributed by atoms with Crippen molar-refractivity contribution in [3.8, 4) is 0 Å². The summed E-state index contributed by atoms with van der Waals surface area (Å²) >= 11 is 0. The molecule has 3 rings (SSSR count). The Morgan fingerprint density at radius 3 is 2.42 bits per heavy atom. The Morgan fingerprint density at radius 2 is 1.71 bits per heavy atom. The van der Waals surface area contributed by atoms with Gasteiger partial charge in [0.15, 0.2) is 0 Å². The molecule has 2 aliphatic heterocycles. The third-order valence-corrected chi connectivity index (χ3v) is 5.46. The number of aliphatic hydroxyl groups excluding tert-OH is 1. The number of benzene rings is 1. The Morgan fingerprint density at radius 1 is 1.00 bits per heavy atom. The van der Waals surface area contributed by atoms with Crippen LogP contribution in [0.1, 0.15) is 31.2 Å². The van der Waals surface area contributed by atoms with Gasteiger partial charge in [-0.2, -0.15) is 0 Å². The summed E-state index contributed by atoms with van der Waals surface area (Å²) in [5.41, 5.74) is 1.43. The molecule has 0 aliphatic carbocycles. The van der Waals surface area contributed by atoms with Gasteiger partial charge in [-0.05, 0) is 63.8 Å². The van der Waals surface area contributed by atoms with Gasteiger partial charge in [-0.25, -0.2) is 0 Å². The van der Waals surface area contributed by atoms with Crippen LogP contribution in [0, 0.1) is 0 Å². The minimum Gasteiger partial charge on any atom is -0.390 e. The summed E-state index contributed by atoms with van der Waals surface area (Å²) in [5, 5.41) is 13.8. The molecule has 24 heavy (non-hydrogen) atoms. The van der Waals surface area contributed by atoms with Crippen molar-refractivity contribution in [2.75, 3.05) is 45.8 Å². The van der Waals surface area contributed by atoms with E-state index in [-0.39, 0.29) is 6.10 Å². The highest BCUT2D eigenvalue weighted by Crippen LogP contribution is 2.12. The Bertz CT molecular complexity index is 453. The van der Waals surface area contributed by atoms with Crippen LogP contribution in [0.5, 0.6) is 0 Å². The summed E-state index contributed by atoms with van der Waals surface area (Å²) in [7, 11) is 0. The highest BCUT2D eigenvalue weighted by molar-refractivity contribution is 5.14. The molecule has 4 nitrogen and oxygen atoms in total. The first-order chi connectivity index (χ1) is 11.8. The minimum absolute atomic E-state index is 0.223. The van der Waals surface area contributed by atoms with Crippen LogP contribution in [0.3, 0.4) is 0 Å². The van der Waals surface area contributed by atoms with E-state index in [0.29, 0.717) is 6.04 Å². The molecule has 1 aromatic carbocycles. The lowest BCUT2D eigenvalue weighted by molar-refractivity contribution is 0.114. The molecule has 2 aliphatic rings. The molecule has 1 atom stereocenters. The van der Waals surface area contributed by atoms with E-state index in [1.807, 2.05) is 0 Å². The number of aliphatic hydroxyl groups is 1. The van der Waals surface area contributed by atoms with E-state index in [2.05, 4.69) is 45.4 Å². The predicted octanol–water partition coefficient (Wildman–Crippen LogP) is 1.74. The predicted molar refractivity (Wildman–Crippen MR) is 99.3 cm³/mol. The normalized spacial score (nSPS) is 22.0. The Hall–Kier alpha value is -0.940. The fraction of sp³-hybridized carbons (Fsp3) is 0.700. The molecular weight excluding hydrogens is 298 g/mol. The third kappa shape index (κ3) is 5.85. The summed E-state index contributed by atoms with van der Waals surface area (Å²) in [6, 6.07) is 11.3. The van der Waals surface area contributed by atoms with Crippen molar-refractivity contribution in [2.45, 2.75) is 44.2 Å². The molecular formula is C20H33N3O. The molecule has 2 N–H and O–H groups in total. The number of hydrogen-bond donors (Lipinski definition) is 2. The highest BCUT2D eigenvalue weighted by Gasteiger charge is 2.20. The molecule has 0 amide bonds. The maximum absolute atomic E-state index is 10.2. The van der Waals surface area contributed by atoms with Gasteiger partial charge in [0.05, 0.1) is 6.10 Å². The van der Waals surface area contributed by atoms with E-state index in [9.17, 15) is 5.11 Å². The average Bonchev–Trinajstić information content (AvgIpc) is 3.13. The van der Waals surface area contributed by atoms with Crippen LogP contribution in [-0.4, -0.2) is 72.9 Å². The fourth-order valence-corrected chi connectivity index (χ4v) is 3.92. The number of rotatable bonds is 8. The summed E-state index contributed by atoms with van der Waals surface area (Å²) in [4.78, 5) is 4.96. The highest BCUT2D eigenvalue weighted by atomic mass is 16.3. The van der Waals surface area contributed by atoms with Crippen molar-refractivity contribution < 1.29 is 5.11 Å². The van der Waals surface area contributed by atoms with Crippen molar-refractivity contribution in [1.29, 1.82) is 0 Å². The van der Waals surface area contributed by atoms with Crippen molar-refractivity contribution in [3.05, 3.63) is 35.9 Å². The third-order valence-electron chi connectivity index (χ3n) is 5.46. The van der Waals surface area contributed by atoms with Gasteiger partial charge in [0.1, 0.15) is 0 Å². The molecule has 2 heterocycles. The van der Waals surface area contributed by atoms with Gasteiger partial charge in [-0.3, -0.25) is 0 Å². The van der Waals surface area contributed by atoms with Crippen LogP contribution < -0.4 is 5.32 Å². The van der Waals surface area contributed by atoms with E-state index in [0.717, 1.165) is 39.1 Å². The Balaban J connectivity index is 1.27. The topological polar surface area (TPSA) is 38.7 Å². The van der Waals surface area contributed by atoms with E-state index < -0.39 is 0 Å². The second-order valence-corrected chi connectivity index (χ2v) is 7.42. The fourth-order valence-electron chi connectivity index (χ4n) is 3.92. The van der Waals surface area contributed by atoms with Crippen molar-refractivity contribution in [1.82, 2.24) is 15.1 Å². The smallest absolute Gasteiger partial charge is 0.0791 e. The second-order valence-electron chi connectivity index (χ2n) is 7.42. The van der Waals surface area contributed by atoms with E-state index in [1.54, 1.807) is 0 Å². The Kier molecular flexibility index (Phi) is 7.09.